The van der Waals surface area contributed by atoms with E-state index in [1.807, 2.05) is 32.9 Å². The summed E-state index contributed by atoms with van der Waals surface area (Å²) >= 11 is 1.60. The van der Waals surface area contributed by atoms with Gasteiger partial charge in [0.15, 0.2) is 0 Å². The van der Waals surface area contributed by atoms with Crippen LogP contribution in [-0.2, 0) is 4.74 Å². The summed E-state index contributed by atoms with van der Waals surface area (Å²) in [6.45, 7) is 8.36. The maximum Gasteiger partial charge on any atom is 0.340 e. The molecular formula is C18H21NO3S. The minimum Gasteiger partial charge on any atom is -0.462 e. The summed E-state index contributed by atoms with van der Waals surface area (Å²) in [6.07, 6.45) is 0. The zero-order valence-electron chi connectivity index (χ0n) is 13.9. The fourth-order valence-electron chi connectivity index (χ4n) is 2.50. The summed E-state index contributed by atoms with van der Waals surface area (Å²) in [6, 6.07) is 8.96. The van der Waals surface area contributed by atoms with Crippen molar-refractivity contribution in [2.45, 2.75) is 27.7 Å². The highest BCUT2D eigenvalue weighted by atomic mass is 32.1. The molecule has 0 saturated heterocycles. The van der Waals surface area contributed by atoms with Gasteiger partial charge in [-0.2, -0.15) is 0 Å². The van der Waals surface area contributed by atoms with Crippen molar-refractivity contribution in [3.05, 3.63) is 51.2 Å². The van der Waals surface area contributed by atoms with Crippen LogP contribution >= 0.6 is 11.3 Å². The molecule has 0 spiro atoms. The summed E-state index contributed by atoms with van der Waals surface area (Å²) in [7, 11) is 0. The predicted octanol–water partition coefficient (Wildman–Crippen LogP) is 4.21. The summed E-state index contributed by atoms with van der Waals surface area (Å²) in [5, 5.41) is 0. The summed E-state index contributed by atoms with van der Waals surface area (Å²) in [5.74, 6) is -0.501. The van der Waals surface area contributed by atoms with E-state index in [1.54, 1.807) is 41.4 Å². The van der Waals surface area contributed by atoms with Gasteiger partial charge in [0, 0.05) is 16.3 Å². The number of hydrogen-bond donors (Lipinski definition) is 0. The number of hydrogen-bond acceptors (Lipinski definition) is 4. The van der Waals surface area contributed by atoms with Gasteiger partial charge < -0.3 is 9.64 Å². The third-order valence-electron chi connectivity index (χ3n) is 3.52. The molecule has 0 fully saturated rings. The van der Waals surface area contributed by atoms with Crippen LogP contribution in [0.1, 0.15) is 44.3 Å². The maximum atomic E-state index is 12.9. The van der Waals surface area contributed by atoms with Gasteiger partial charge in [-0.25, -0.2) is 4.79 Å². The highest BCUT2D eigenvalue weighted by Gasteiger charge is 2.24. The number of anilines is 1. The van der Waals surface area contributed by atoms with Crippen LogP contribution in [-0.4, -0.2) is 25.0 Å². The molecule has 4 nitrogen and oxygen atoms in total. The summed E-state index contributed by atoms with van der Waals surface area (Å²) in [5.41, 5.74) is 1.68. The van der Waals surface area contributed by atoms with Crippen LogP contribution in [0, 0.1) is 13.8 Å². The Morgan fingerprint density at radius 3 is 2.39 bits per heavy atom. The van der Waals surface area contributed by atoms with E-state index in [0.29, 0.717) is 30.0 Å². The van der Waals surface area contributed by atoms with Gasteiger partial charge in [-0.1, -0.05) is 12.1 Å². The molecule has 0 aliphatic carbocycles. The van der Waals surface area contributed by atoms with Crippen LogP contribution in [0.3, 0.4) is 0 Å². The Bertz CT molecular complexity index is 721. The first kappa shape index (κ1) is 17.2. The normalized spacial score (nSPS) is 10.4. The molecule has 2 aromatic rings. The second-order valence-corrected chi connectivity index (χ2v) is 6.57. The van der Waals surface area contributed by atoms with E-state index in [4.69, 9.17) is 4.74 Å². The van der Waals surface area contributed by atoms with Crippen molar-refractivity contribution >= 4 is 28.9 Å². The fraction of sp³-hybridized carbons (Fsp3) is 0.333. The molecule has 1 aromatic heterocycles. The van der Waals surface area contributed by atoms with Crippen molar-refractivity contribution in [1.82, 2.24) is 0 Å². The van der Waals surface area contributed by atoms with Gasteiger partial charge in [-0.15, -0.1) is 11.3 Å². The molecule has 0 N–H and O–H groups in total. The smallest absolute Gasteiger partial charge is 0.340 e. The highest BCUT2D eigenvalue weighted by Crippen LogP contribution is 2.27. The van der Waals surface area contributed by atoms with Crippen LogP contribution in [0.25, 0.3) is 0 Å². The zero-order chi connectivity index (χ0) is 17.0. The number of aryl methyl sites for hydroxylation is 2. The number of ether oxygens (including phenoxy) is 1. The summed E-state index contributed by atoms with van der Waals surface area (Å²) in [4.78, 5) is 28.8. The van der Waals surface area contributed by atoms with Gasteiger partial charge >= 0.3 is 5.97 Å². The number of amides is 1. The Kier molecular flexibility index (Phi) is 5.55. The van der Waals surface area contributed by atoms with Crippen molar-refractivity contribution in [2.75, 3.05) is 18.1 Å². The maximum absolute atomic E-state index is 12.9. The number of para-hydroxylation sites is 1. The van der Waals surface area contributed by atoms with Crippen molar-refractivity contribution in [1.29, 1.82) is 0 Å². The Morgan fingerprint density at radius 1 is 1.13 bits per heavy atom. The largest absolute Gasteiger partial charge is 0.462 e. The Hall–Kier alpha value is -2.14. The molecule has 23 heavy (non-hydrogen) atoms. The Balaban J connectivity index is 2.44. The minimum absolute atomic E-state index is 0.0916. The van der Waals surface area contributed by atoms with Crippen LogP contribution < -0.4 is 4.90 Å². The van der Waals surface area contributed by atoms with Crippen LogP contribution in [0.4, 0.5) is 5.69 Å². The predicted molar refractivity (Wildman–Crippen MR) is 93.5 cm³/mol. The second kappa shape index (κ2) is 7.42. The average molecular weight is 331 g/mol. The number of thiophene rings is 1. The first-order chi connectivity index (χ1) is 11.0. The lowest BCUT2D eigenvalue weighted by Crippen LogP contribution is -2.32. The molecule has 1 amide bonds. The molecule has 0 saturated carbocycles. The SMILES string of the molecule is CCOC(=O)c1ccccc1N(CC)C(=O)c1cc(C)sc1C. The van der Waals surface area contributed by atoms with Crippen molar-refractivity contribution in [3.63, 3.8) is 0 Å². The molecule has 0 bridgehead atoms. The first-order valence-electron chi connectivity index (χ1n) is 7.64. The van der Waals surface area contributed by atoms with Gasteiger partial charge in [0.1, 0.15) is 0 Å². The fourth-order valence-corrected chi connectivity index (χ4v) is 3.42. The monoisotopic (exact) mass is 331 g/mol. The second-order valence-electron chi connectivity index (χ2n) is 5.11. The number of carbonyl (C=O) groups is 2. The molecule has 1 aromatic carbocycles. The average Bonchev–Trinajstić information content (AvgIpc) is 2.87. The van der Waals surface area contributed by atoms with Gasteiger partial charge in [-0.05, 0) is 45.9 Å². The van der Waals surface area contributed by atoms with Crippen molar-refractivity contribution in [2.24, 2.45) is 0 Å². The molecule has 2 rings (SSSR count). The third kappa shape index (κ3) is 3.62. The number of benzene rings is 1. The van der Waals surface area contributed by atoms with E-state index < -0.39 is 5.97 Å². The van der Waals surface area contributed by atoms with E-state index in [1.165, 1.54) is 0 Å². The molecule has 122 valence electrons. The minimum atomic E-state index is -0.410. The Morgan fingerprint density at radius 2 is 1.83 bits per heavy atom. The van der Waals surface area contributed by atoms with E-state index in [0.717, 1.165) is 9.75 Å². The van der Waals surface area contributed by atoms with Crippen LogP contribution in [0.5, 0.6) is 0 Å². The number of nitrogens with zero attached hydrogens (tertiary/aromatic N) is 1. The molecule has 0 atom stereocenters. The van der Waals surface area contributed by atoms with Gasteiger partial charge in [0.25, 0.3) is 5.91 Å². The topological polar surface area (TPSA) is 46.6 Å². The van der Waals surface area contributed by atoms with Crippen molar-refractivity contribution in [3.8, 4) is 0 Å². The standard InChI is InChI=1S/C18H21NO3S/c1-5-19(17(20)15-11-12(3)23-13(15)4)16-10-8-7-9-14(16)18(21)22-6-2/h7-11H,5-6H2,1-4H3. The molecule has 0 aliphatic rings. The molecule has 5 heteroatoms. The Labute approximate surface area is 140 Å². The van der Waals surface area contributed by atoms with E-state index in [-0.39, 0.29) is 5.91 Å². The van der Waals surface area contributed by atoms with Crippen LogP contribution in [0.2, 0.25) is 0 Å². The lowest BCUT2D eigenvalue weighted by molar-refractivity contribution is 0.0527. The lowest BCUT2D eigenvalue weighted by atomic mass is 10.1. The zero-order valence-corrected chi connectivity index (χ0v) is 14.7. The summed E-state index contributed by atoms with van der Waals surface area (Å²) < 4.78 is 5.10. The lowest BCUT2D eigenvalue weighted by Gasteiger charge is -2.23. The van der Waals surface area contributed by atoms with Gasteiger partial charge in [-0.3, -0.25) is 4.79 Å². The molecule has 0 unspecified atom stereocenters. The van der Waals surface area contributed by atoms with Crippen LogP contribution in [0.15, 0.2) is 30.3 Å². The van der Waals surface area contributed by atoms with E-state index in [9.17, 15) is 9.59 Å². The molecule has 0 aliphatic heterocycles. The van der Waals surface area contributed by atoms with E-state index in [2.05, 4.69) is 0 Å². The van der Waals surface area contributed by atoms with Crippen molar-refractivity contribution < 1.29 is 14.3 Å². The van der Waals surface area contributed by atoms with Gasteiger partial charge in [0.05, 0.1) is 23.4 Å². The molecular weight excluding hydrogens is 310 g/mol. The van der Waals surface area contributed by atoms with Gasteiger partial charge in [0.2, 0.25) is 0 Å². The number of esters is 1. The molecule has 1 heterocycles. The quantitative estimate of drug-likeness (QED) is 0.771. The first-order valence-corrected chi connectivity index (χ1v) is 8.46. The van der Waals surface area contributed by atoms with E-state index >= 15 is 0 Å². The molecule has 0 radical (unpaired) electrons. The highest BCUT2D eigenvalue weighted by molar-refractivity contribution is 7.12. The number of carbonyl (C=O) groups excluding carboxylic acids is 2. The third-order valence-corrected chi connectivity index (χ3v) is 4.49. The number of rotatable bonds is 5.